The molecule has 0 aromatic heterocycles. The smallest absolute Gasteiger partial charge is 0.209 e. The SMILES string of the molecule is CCCCC/C=C\C/C=C\CCCCCCCC(=O)CCCCCCCC/C=C\CCCCCCC([C]=O)C(=O)CCCCCCCCCCCCCCC. The van der Waals surface area contributed by atoms with Crippen molar-refractivity contribution < 1.29 is 14.4 Å². The summed E-state index contributed by atoms with van der Waals surface area (Å²) in [6.07, 6.45) is 63.4. The van der Waals surface area contributed by atoms with Crippen LogP contribution in [0.3, 0.4) is 0 Å². The third-order valence-electron chi connectivity index (χ3n) is 11.3. The van der Waals surface area contributed by atoms with Crippen LogP contribution in [0.25, 0.3) is 0 Å². The zero-order valence-corrected chi connectivity index (χ0v) is 37.1. The second kappa shape index (κ2) is 46.6. The number of unbranched alkanes of at least 4 members (excludes halogenated alkanes) is 30. The zero-order valence-electron chi connectivity index (χ0n) is 37.1. The van der Waals surface area contributed by atoms with Gasteiger partial charge in [0.25, 0.3) is 0 Å². The van der Waals surface area contributed by atoms with Crippen LogP contribution in [0.15, 0.2) is 36.5 Å². The monoisotopic (exact) mass is 766 g/mol. The molecule has 0 spiro atoms. The molecule has 0 amide bonds. The van der Waals surface area contributed by atoms with E-state index in [1.165, 1.54) is 180 Å². The van der Waals surface area contributed by atoms with E-state index in [4.69, 9.17) is 0 Å². The van der Waals surface area contributed by atoms with Gasteiger partial charge in [-0.1, -0.05) is 204 Å². The van der Waals surface area contributed by atoms with Crippen molar-refractivity contribution in [2.45, 2.75) is 271 Å². The number of rotatable bonds is 46. The summed E-state index contributed by atoms with van der Waals surface area (Å²) < 4.78 is 0. The van der Waals surface area contributed by atoms with Gasteiger partial charge in [0.1, 0.15) is 11.6 Å². The fourth-order valence-corrected chi connectivity index (χ4v) is 7.53. The second-order valence-electron chi connectivity index (χ2n) is 16.8. The first kappa shape index (κ1) is 53.2. The molecular weight excluding hydrogens is 673 g/mol. The Balaban J connectivity index is 3.45. The number of hydrogen-bond donors (Lipinski definition) is 0. The maximum absolute atomic E-state index is 12.5. The van der Waals surface area contributed by atoms with E-state index in [1.54, 1.807) is 0 Å². The molecule has 0 bridgehead atoms. The molecule has 3 nitrogen and oxygen atoms in total. The third-order valence-corrected chi connectivity index (χ3v) is 11.3. The van der Waals surface area contributed by atoms with Gasteiger partial charge in [-0.25, -0.2) is 0 Å². The van der Waals surface area contributed by atoms with Crippen LogP contribution in [-0.4, -0.2) is 17.9 Å². The summed E-state index contributed by atoms with van der Waals surface area (Å²) in [5, 5.41) is 0. The summed E-state index contributed by atoms with van der Waals surface area (Å²) in [5.41, 5.74) is 0. The summed E-state index contributed by atoms with van der Waals surface area (Å²) in [5.74, 6) is 0.102. The molecule has 3 heteroatoms. The predicted octanol–water partition coefficient (Wildman–Crippen LogP) is 17.2. The van der Waals surface area contributed by atoms with Gasteiger partial charge in [0, 0.05) is 19.3 Å². The van der Waals surface area contributed by atoms with Gasteiger partial charge in [-0.15, -0.1) is 0 Å². The quantitative estimate of drug-likeness (QED) is 0.0352. The fraction of sp³-hybridized carbons (Fsp3) is 0.827. The van der Waals surface area contributed by atoms with Crippen LogP contribution in [0.2, 0.25) is 0 Å². The zero-order chi connectivity index (χ0) is 40.0. The molecule has 0 aromatic carbocycles. The van der Waals surface area contributed by atoms with Gasteiger partial charge < -0.3 is 0 Å². The second-order valence-corrected chi connectivity index (χ2v) is 16.8. The molecule has 1 atom stereocenters. The highest BCUT2D eigenvalue weighted by molar-refractivity contribution is 5.93. The summed E-state index contributed by atoms with van der Waals surface area (Å²) in [7, 11) is 0. The van der Waals surface area contributed by atoms with Gasteiger partial charge in [-0.2, -0.15) is 0 Å². The molecule has 55 heavy (non-hydrogen) atoms. The lowest BCUT2D eigenvalue weighted by Gasteiger charge is -2.08. The first-order chi connectivity index (χ1) is 27.2. The molecule has 0 aliphatic carbocycles. The topological polar surface area (TPSA) is 51.2 Å². The Morgan fingerprint density at radius 1 is 0.382 bits per heavy atom. The fourth-order valence-electron chi connectivity index (χ4n) is 7.53. The van der Waals surface area contributed by atoms with Crippen LogP contribution in [0.5, 0.6) is 0 Å². The molecule has 0 aromatic rings. The van der Waals surface area contributed by atoms with E-state index in [0.717, 1.165) is 64.2 Å². The average Bonchev–Trinajstić information content (AvgIpc) is 3.19. The van der Waals surface area contributed by atoms with Crippen molar-refractivity contribution >= 4 is 17.9 Å². The van der Waals surface area contributed by atoms with Gasteiger partial charge in [0.2, 0.25) is 6.29 Å². The van der Waals surface area contributed by atoms with Crippen LogP contribution >= 0.6 is 0 Å². The lowest BCUT2D eigenvalue weighted by atomic mass is 9.94. The molecule has 0 rings (SSSR count). The van der Waals surface area contributed by atoms with E-state index in [-0.39, 0.29) is 5.78 Å². The number of Topliss-reactive ketones (excluding diaryl/α,β-unsaturated/α-hetero) is 2. The maximum atomic E-state index is 12.5. The largest absolute Gasteiger partial charge is 0.300 e. The highest BCUT2D eigenvalue weighted by atomic mass is 16.1. The predicted molar refractivity (Wildman–Crippen MR) is 243 cm³/mol. The summed E-state index contributed by atoms with van der Waals surface area (Å²) in [6, 6.07) is 0. The van der Waals surface area contributed by atoms with Gasteiger partial charge in [0.15, 0.2) is 0 Å². The molecule has 0 N–H and O–H groups in total. The third kappa shape index (κ3) is 43.2. The van der Waals surface area contributed by atoms with E-state index >= 15 is 0 Å². The van der Waals surface area contributed by atoms with Crippen LogP contribution in [0, 0.1) is 5.92 Å². The molecular formula is C52H93O3. The minimum atomic E-state index is -0.495. The van der Waals surface area contributed by atoms with E-state index in [1.807, 2.05) is 6.29 Å². The molecule has 0 heterocycles. The number of carbonyl (C=O) groups excluding carboxylic acids is 3. The minimum absolute atomic E-state index is 0.120. The Hall–Kier alpha value is -1.77. The molecule has 0 aliphatic rings. The number of hydrogen-bond acceptors (Lipinski definition) is 3. The normalized spacial score (nSPS) is 12.5. The van der Waals surface area contributed by atoms with Gasteiger partial charge in [-0.05, 0) is 83.5 Å². The molecule has 0 saturated carbocycles. The van der Waals surface area contributed by atoms with Crippen LogP contribution in [0.1, 0.15) is 271 Å². The highest BCUT2D eigenvalue weighted by Gasteiger charge is 2.17. The molecule has 0 fully saturated rings. The maximum Gasteiger partial charge on any atom is 0.209 e. The Kier molecular flexibility index (Phi) is 45.1. The minimum Gasteiger partial charge on any atom is -0.300 e. The van der Waals surface area contributed by atoms with Crippen molar-refractivity contribution in [2.24, 2.45) is 5.92 Å². The first-order valence-electron chi connectivity index (χ1n) is 24.5. The van der Waals surface area contributed by atoms with Crippen molar-refractivity contribution in [1.29, 1.82) is 0 Å². The van der Waals surface area contributed by atoms with Crippen molar-refractivity contribution in [3.63, 3.8) is 0 Å². The number of ketones is 2. The molecule has 1 radical (unpaired) electrons. The van der Waals surface area contributed by atoms with Crippen LogP contribution < -0.4 is 0 Å². The average molecular weight is 766 g/mol. The molecule has 0 saturated heterocycles. The van der Waals surface area contributed by atoms with Crippen LogP contribution in [0.4, 0.5) is 0 Å². The van der Waals surface area contributed by atoms with Crippen molar-refractivity contribution in [2.75, 3.05) is 0 Å². The number of carbonyl (C=O) groups is 2. The van der Waals surface area contributed by atoms with E-state index in [9.17, 15) is 14.4 Å². The molecule has 0 aliphatic heterocycles. The number of allylic oxidation sites excluding steroid dienone is 6. The van der Waals surface area contributed by atoms with Crippen LogP contribution in [-0.2, 0) is 14.4 Å². The summed E-state index contributed by atoms with van der Waals surface area (Å²) in [4.78, 5) is 36.2. The molecule has 319 valence electrons. The van der Waals surface area contributed by atoms with Crippen molar-refractivity contribution in [1.82, 2.24) is 0 Å². The van der Waals surface area contributed by atoms with Crippen molar-refractivity contribution in [3.05, 3.63) is 36.5 Å². The standard InChI is InChI=1S/C52H93O3/c1-3-5-7-9-11-13-15-17-18-23-26-30-34-38-42-46-51(54)47-43-39-35-31-27-24-20-19-22-25-29-33-37-41-45-50(49-53)52(55)48-44-40-36-32-28-21-16-14-12-10-8-6-4-2/h11,13,17-19,22,50H,3-10,12,14-16,20-21,23-48H2,1-2H3/b13-11-,18-17-,22-19-. The first-order valence-corrected chi connectivity index (χ1v) is 24.5. The highest BCUT2D eigenvalue weighted by Crippen LogP contribution is 2.17. The van der Waals surface area contributed by atoms with E-state index < -0.39 is 5.92 Å². The Bertz CT molecular complexity index is 899. The summed E-state index contributed by atoms with van der Waals surface area (Å²) in [6.45, 7) is 4.53. The van der Waals surface area contributed by atoms with Crippen molar-refractivity contribution in [3.8, 4) is 0 Å². The van der Waals surface area contributed by atoms with Gasteiger partial charge >= 0.3 is 0 Å². The Morgan fingerprint density at radius 2 is 0.691 bits per heavy atom. The van der Waals surface area contributed by atoms with E-state index in [0.29, 0.717) is 18.6 Å². The Morgan fingerprint density at radius 3 is 1.11 bits per heavy atom. The van der Waals surface area contributed by atoms with Gasteiger partial charge in [-0.3, -0.25) is 14.4 Å². The van der Waals surface area contributed by atoms with E-state index in [2.05, 4.69) is 50.3 Å². The lowest BCUT2D eigenvalue weighted by molar-refractivity contribution is -0.121. The molecule has 1 unspecified atom stereocenters. The summed E-state index contributed by atoms with van der Waals surface area (Å²) >= 11 is 0. The Labute approximate surface area is 344 Å². The van der Waals surface area contributed by atoms with Gasteiger partial charge in [0.05, 0.1) is 5.92 Å². The lowest BCUT2D eigenvalue weighted by Crippen LogP contribution is -2.15.